The lowest BCUT2D eigenvalue weighted by molar-refractivity contribution is -0.137. The Morgan fingerprint density at radius 3 is 2.45 bits per heavy atom. The number of alkyl halides is 3. The van der Waals surface area contributed by atoms with Gasteiger partial charge in [-0.2, -0.15) is 13.2 Å². The second-order valence-electron chi connectivity index (χ2n) is 6.96. The molecule has 0 bridgehead atoms. The predicted molar refractivity (Wildman–Crippen MR) is 100 cm³/mol. The molecule has 9 heteroatoms. The number of hydrogen-bond acceptors (Lipinski definition) is 5. The largest absolute Gasteiger partial charge is 0.491 e. The van der Waals surface area contributed by atoms with Gasteiger partial charge < -0.3 is 14.7 Å². The van der Waals surface area contributed by atoms with Crippen LogP contribution in [0.3, 0.4) is 0 Å². The van der Waals surface area contributed by atoms with Gasteiger partial charge in [-0.15, -0.1) is 0 Å². The number of anilines is 1. The van der Waals surface area contributed by atoms with E-state index in [9.17, 15) is 22.7 Å². The number of ether oxygens (including phenoxy) is 1. The number of β-amino-alcohol motifs (C(OH)–C–C–N with tert-alkyl or cyclic N) is 1. The number of nitrogens with zero attached hydrogens (tertiary/aromatic N) is 3. The number of aliphatic hydroxyl groups excluding tert-OH is 1. The molecule has 1 atom stereocenters. The van der Waals surface area contributed by atoms with Gasteiger partial charge in [0.25, 0.3) is 0 Å². The van der Waals surface area contributed by atoms with Crippen molar-refractivity contribution in [2.75, 3.05) is 44.2 Å². The van der Waals surface area contributed by atoms with Crippen molar-refractivity contribution in [1.29, 1.82) is 0 Å². The van der Waals surface area contributed by atoms with E-state index in [1.54, 1.807) is 0 Å². The Labute approximate surface area is 166 Å². The SMILES string of the molecule is OC(COc1ccc(F)cc1)CN1CCCN(c2ccc(C(F)(F)F)cn2)CC1. The molecule has 1 aliphatic rings. The first-order valence-corrected chi connectivity index (χ1v) is 9.38. The van der Waals surface area contributed by atoms with Crippen molar-refractivity contribution in [2.45, 2.75) is 18.7 Å². The first-order valence-electron chi connectivity index (χ1n) is 9.38. The van der Waals surface area contributed by atoms with Crippen molar-refractivity contribution in [3.05, 3.63) is 54.0 Å². The molecular weight excluding hydrogens is 390 g/mol. The topological polar surface area (TPSA) is 48.8 Å². The Bertz CT molecular complexity index is 769. The number of benzene rings is 1. The normalized spacial score (nSPS) is 17.1. The molecule has 0 spiro atoms. The fourth-order valence-corrected chi connectivity index (χ4v) is 3.20. The molecule has 1 aromatic heterocycles. The van der Waals surface area contributed by atoms with Gasteiger partial charge >= 0.3 is 6.18 Å². The van der Waals surface area contributed by atoms with Crippen LogP contribution in [0.1, 0.15) is 12.0 Å². The van der Waals surface area contributed by atoms with Gasteiger partial charge in [0, 0.05) is 32.4 Å². The summed E-state index contributed by atoms with van der Waals surface area (Å²) in [6.07, 6.45) is -3.45. The molecular formula is C20H23F4N3O2. The number of pyridine rings is 1. The molecule has 29 heavy (non-hydrogen) atoms. The minimum atomic E-state index is -4.40. The van der Waals surface area contributed by atoms with Crippen molar-refractivity contribution in [3.8, 4) is 5.75 Å². The fourth-order valence-electron chi connectivity index (χ4n) is 3.20. The standard InChI is InChI=1S/C20H23F4N3O2/c21-16-3-5-18(6-4-16)29-14-17(28)13-26-8-1-9-27(11-10-26)19-7-2-15(12-25-19)20(22,23)24/h2-7,12,17,28H,1,8-11,13-14H2. The van der Waals surface area contributed by atoms with Crippen LogP contribution in [0.4, 0.5) is 23.4 Å². The first-order chi connectivity index (χ1) is 13.8. The average Bonchev–Trinajstić information content (AvgIpc) is 2.92. The van der Waals surface area contributed by atoms with Crippen molar-refractivity contribution in [3.63, 3.8) is 0 Å². The molecule has 5 nitrogen and oxygen atoms in total. The summed E-state index contributed by atoms with van der Waals surface area (Å²) in [6, 6.07) is 8.03. The van der Waals surface area contributed by atoms with Crippen molar-refractivity contribution in [1.82, 2.24) is 9.88 Å². The quantitative estimate of drug-likeness (QED) is 0.738. The van der Waals surface area contributed by atoms with E-state index in [1.807, 2.05) is 4.90 Å². The van der Waals surface area contributed by atoms with Crippen molar-refractivity contribution >= 4 is 5.82 Å². The van der Waals surface area contributed by atoms with Gasteiger partial charge in [-0.3, -0.25) is 4.90 Å². The van der Waals surface area contributed by atoms with Crippen LogP contribution >= 0.6 is 0 Å². The van der Waals surface area contributed by atoms with Crippen LogP contribution in [-0.2, 0) is 6.18 Å². The average molecular weight is 413 g/mol. The number of aromatic nitrogens is 1. The van der Waals surface area contributed by atoms with Crippen LogP contribution in [0.25, 0.3) is 0 Å². The third-order valence-electron chi connectivity index (χ3n) is 4.71. The molecule has 0 aliphatic carbocycles. The number of rotatable bonds is 6. The lowest BCUT2D eigenvalue weighted by Gasteiger charge is -2.24. The molecule has 1 aromatic carbocycles. The summed E-state index contributed by atoms with van der Waals surface area (Å²) in [4.78, 5) is 7.99. The molecule has 1 N–H and O–H groups in total. The summed E-state index contributed by atoms with van der Waals surface area (Å²) in [6.45, 7) is 3.18. The monoisotopic (exact) mass is 413 g/mol. The van der Waals surface area contributed by atoms with Gasteiger partial charge in [0.1, 0.15) is 30.1 Å². The van der Waals surface area contributed by atoms with Gasteiger partial charge in [0.2, 0.25) is 0 Å². The van der Waals surface area contributed by atoms with E-state index in [1.165, 1.54) is 30.3 Å². The van der Waals surface area contributed by atoms with Crippen molar-refractivity contribution < 1.29 is 27.4 Å². The molecule has 158 valence electrons. The van der Waals surface area contributed by atoms with Gasteiger partial charge in [-0.25, -0.2) is 9.37 Å². The Hall–Kier alpha value is -2.39. The summed E-state index contributed by atoms with van der Waals surface area (Å²) in [5.74, 6) is 0.649. The van der Waals surface area contributed by atoms with Gasteiger partial charge in [-0.05, 0) is 49.4 Å². The van der Waals surface area contributed by atoms with E-state index >= 15 is 0 Å². The zero-order valence-electron chi connectivity index (χ0n) is 15.8. The van der Waals surface area contributed by atoms with E-state index < -0.39 is 17.8 Å². The molecule has 1 aliphatic heterocycles. The Morgan fingerprint density at radius 2 is 1.79 bits per heavy atom. The Morgan fingerprint density at radius 1 is 1.03 bits per heavy atom. The van der Waals surface area contributed by atoms with Crippen molar-refractivity contribution in [2.24, 2.45) is 0 Å². The molecule has 1 unspecified atom stereocenters. The highest BCUT2D eigenvalue weighted by atomic mass is 19.4. The van der Waals surface area contributed by atoms with Crippen LogP contribution < -0.4 is 9.64 Å². The third kappa shape index (κ3) is 6.30. The highest BCUT2D eigenvalue weighted by Gasteiger charge is 2.31. The van der Waals surface area contributed by atoms with Gasteiger partial charge in [-0.1, -0.05) is 0 Å². The smallest absolute Gasteiger partial charge is 0.417 e. The summed E-state index contributed by atoms with van der Waals surface area (Å²) in [5, 5.41) is 10.2. The molecule has 1 fully saturated rings. The van der Waals surface area contributed by atoms with Gasteiger partial charge in [0.05, 0.1) is 5.56 Å². The molecule has 2 heterocycles. The van der Waals surface area contributed by atoms with Crippen LogP contribution in [0.2, 0.25) is 0 Å². The number of hydrogen-bond donors (Lipinski definition) is 1. The third-order valence-corrected chi connectivity index (χ3v) is 4.71. The highest BCUT2D eigenvalue weighted by molar-refractivity contribution is 5.40. The van der Waals surface area contributed by atoms with E-state index in [4.69, 9.17) is 4.74 Å². The lowest BCUT2D eigenvalue weighted by atomic mass is 10.2. The van der Waals surface area contributed by atoms with E-state index in [-0.39, 0.29) is 12.4 Å². The second-order valence-corrected chi connectivity index (χ2v) is 6.96. The van der Waals surface area contributed by atoms with Gasteiger partial charge in [0.15, 0.2) is 0 Å². The lowest BCUT2D eigenvalue weighted by Crippen LogP contribution is -2.38. The van der Waals surface area contributed by atoms with Crippen LogP contribution in [0.15, 0.2) is 42.6 Å². The summed E-state index contributed by atoms with van der Waals surface area (Å²) in [5.41, 5.74) is -0.762. The fraction of sp³-hybridized carbons (Fsp3) is 0.450. The maximum atomic E-state index is 12.9. The zero-order valence-corrected chi connectivity index (χ0v) is 15.8. The summed E-state index contributed by atoms with van der Waals surface area (Å²) < 4.78 is 56.4. The highest BCUT2D eigenvalue weighted by Crippen LogP contribution is 2.29. The van der Waals surface area contributed by atoms with E-state index in [2.05, 4.69) is 9.88 Å². The van der Waals surface area contributed by atoms with E-state index in [0.29, 0.717) is 37.7 Å². The number of aliphatic hydroxyl groups is 1. The molecule has 3 rings (SSSR count). The molecule has 0 saturated carbocycles. The molecule has 0 radical (unpaired) electrons. The summed E-state index contributed by atoms with van der Waals surface area (Å²) in [7, 11) is 0. The maximum absolute atomic E-state index is 12.9. The minimum Gasteiger partial charge on any atom is -0.491 e. The molecule has 2 aromatic rings. The molecule has 0 amide bonds. The Balaban J connectivity index is 1.47. The maximum Gasteiger partial charge on any atom is 0.417 e. The summed E-state index contributed by atoms with van der Waals surface area (Å²) >= 11 is 0. The molecule has 1 saturated heterocycles. The number of halogens is 4. The van der Waals surface area contributed by atoms with Crippen LogP contribution in [0, 0.1) is 5.82 Å². The van der Waals surface area contributed by atoms with Crippen LogP contribution in [-0.4, -0.2) is 60.4 Å². The zero-order chi connectivity index (χ0) is 20.9. The minimum absolute atomic E-state index is 0.0896. The van der Waals surface area contributed by atoms with E-state index in [0.717, 1.165) is 25.2 Å². The Kier molecular flexibility index (Phi) is 6.92. The second kappa shape index (κ2) is 9.41. The van der Waals surface area contributed by atoms with Crippen LogP contribution in [0.5, 0.6) is 5.75 Å². The predicted octanol–water partition coefficient (Wildman–Crippen LogP) is 3.19. The first kappa shape index (κ1) is 21.3.